The van der Waals surface area contributed by atoms with Gasteiger partial charge in [0.25, 0.3) is 0 Å². The Morgan fingerprint density at radius 2 is 1.78 bits per heavy atom. The lowest BCUT2D eigenvalue weighted by atomic mass is 9.59. The zero-order chi connectivity index (χ0) is 26.3. The van der Waals surface area contributed by atoms with E-state index in [0.29, 0.717) is 0 Å². The van der Waals surface area contributed by atoms with E-state index in [-0.39, 0.29) is 18.9 Å². The Bertz CT molecular complexity index is 1180. The van der Waals surface area contributed by atoms with Crippen molar-refractivity contribution in [1.29, 1.82) is 0 Å². The molecule has 1 N–H and O–H groups in total. The molecule has 1 aliphatic rings. The number of benzene rings is 2. The van der Waals surface area contributed by atoms with Crippen LogP contribution < -0.4 is 5.32 Å². The van der Waals surface area contributed by atoms with E-state index in [0.717, 1.165) is 21.2 Å². The van der Waals surface area contributed by atoms with Gasteiger partial charge in [0.05, 0.1) is 29.9 Å². The fourth-order valence-corrected chi connectivity index (χ4v) is 5.83. The van der Waals surface area contributed by atoms with E-state index in [9.17, 15) is 14.4 Å². The first-order chi connectivity index (χ1) is 17.1. The summed E-state index contributed by atoms with van der Waals surface area (Å²) in [5, 5.41) is 3.52. The van der Waals surface area contributed by atoms with Crippen LogP contribution in [0.5, 0.6) is 0 Å². The maximum atomic E-state index is 12.9. The second-order valence-corrected chi connectivity index (χ2v) is 10.1. The molecular formula is C28H32N2O5S. The van der Waals surface area contributed by atoms with Crippen molar-refractivity contribution in [2.75, 3.05) is 13.7 Å². The van der Waals surface area contributed by atoms with Crippen molar-refractivity contribution in [2.24, 2.45) is 10.4 Å². The minimum atomic E-state index is -0.935. The molecule has 3 rings (SSSR count). The molecule has 36 heavy (non-hydrogen) atoms. The van der Waals surface area contributed by atoms with Gasteiger partial charge < -0.3 is 14.8 Å². The second kappa shape index (κ2) is 11.6. The lowest BCUT2D eigenvalue weighted by Crippen LogP contribution is -2.52. The molecule has 2 atom stereocenters. The SMILES string of the molecule is CCOC(=O)/C=C/C(C)(C)C1(CC(NC(C)=O)C(=O)OC)C(Sc2ccccc2)=Nc2ccccc21. The molecule has 0 saturated carbocycles. The second-order valence-electron chi connectivity index (χ2n) is 9.04. The van der Waals surface area contributed by atoms with E-state index >= 15 is 0 Å². The number of nitrogens with one attached hydrogen (secondary N) is 1. The molecule has 0 fully saturated rings. The van der Waals surface area contributed by atoms with Gasteiger partial charge in [-0.3, -0.25) is 4.79 Å². The van der Waals surface area contributed by atoms with Crippen LogP contribution in [0.15, 0.2) is 76.6 Å². The number of hydrogen-bond acceptors (Lipinski definition) is 7. The van der Waals surface area contributed by atoms with Gasteiger partial charge in [-0.05, 0) is 42.5 Å². The fourth-order valence-electron chi connectivity index (χ4n) is 4.54. The zero-order valence-electron chi connectivity index (χ0n) is 21.2. The van der Waals surface area contributed by atoms with Gasteiger partial charge in [-0.1, -0.05) is 68.1 Å². The average molecular weight is 509 g/mol. The summed E-state index contributed by atoms with van der Waals surface area (Å²) in [6.45, 7) is 7.37. The van der Waals surface area contributed by atoms with E-state index < -0.39 is 28.8 Å². The summed E-state index contributed by atoms with van der Waals surface area (Å²) < 4.78 is 10.2. The Morgan fingerprint density at radius 3 is 2.42 bits per heavy atom. The predicted octanol–water partition coefficient (Wildman–Crippen LogP) is 4.97. The summed E-state index contributed by atoms with van der Waals surface area (Å²) in [4.78, 5) is 43.2. The molecule has 7 nitrogen and oxygen atoms in total. The van der Waals surface area contributed by atoms with Crippen LogP contribution in [0, 0.1) is 5.41 Å². The van der Waals surface area contributed by atoms with Crippen LogP contribution in [-0.4, -0.2) is 42.6 Å². The Kier molecular flexibility index (Phi) is 8.74. The number of esters is 2. The number of methoxy groups -OCH3 is 1. The minimum Gasteiger partial charge on any atom is -0.467 e. The number of fused-ring (bicyclic) bond motifs is 1. The average Bonchev–Trinajstić information content (AvgIpc) is 3.16. The molecule has 8 heteroatoms. The van der Waals surface area contributed by atoms with Crippen LogP contribution in [0.2, 0.25) is 0 Å². The van der Waals surface area contributed by atoms with E-state index in [1.54, 1.807) is 13.0 Å². The predicted molar refractivity (Wildman–Crippen MR) is 141 cm³/mol. The monoisotopic (exact) mass is 508 g/mol. The van der Waals surface area contributed by atoms with Crippen molar-refractivity contribution in [3.8, 4) is 0 Å². The number of hydrogen-bond donors (Lipinski definition) is 1. The number of thioether (sulfide) groups is 1. The third-order valence-corrected chi connectivity index (χ3v) is 7.45. The summed E-state index contributed by atoms with van der Waals surface area (Å²) in [7, 11) is 1.30. The number of carbonyl (C=O) groups is 3. The molecule has 0 saturated heterocycles. The van der Waals surface area contributed by atoms with Crippen molar-refractivity contribution in [1.82, 2.24) is 5.32 Å². The first-order valence-electron chi connectivity index (χ1n) is 11.8. The Labute approximate surface area is 216 Å². The van der Waals surface area contributed by atoms with Gasteiger partial charge >= 0.3 is 11.9 Å². The highest BCUT2D eigenvalue weighted by molar-refractivity contribution is 8.14. The number of nitrogens with zero attached hydrogens (tertiary/aromatic N) is 1. The number of rotatable bonds is 9. The van der Waals surface area contributed by atoms with E-state index in [1.165, 1.54) is 31.9 Å². The highest BCUT2D eigenvalue weighted by Gasteiger charge is 2.55. The first-order valence-corrected chi connectivity index (χ1v) is 12.6. The summed E-state index contributed by atoms with van der Waals surface area (Å²) in [5.74, 6) is -1.35. The molecule has 0 radical (unpaired) electrons. The molecule has 190 valence electrons. The highest BCUT2D eigenvalue weighted by Crippen LogP contribution is 2.57. The fraction of sp³-hybridized carbons (Fsp3) is 0.357. The van der Waals surface area contributed by atoms with Crippen molar-refractivity contribution in [3.63, 3.8) is 0 Å². The maximum absolute atomic E-state index is 12.9. The molecule has 0 aromatic heterocycles. The minimum absolute atomic E-state index is 0.176. The van der Waals surface area contributed by atoms with Gasteiger partial charge in [-0.15, -0.1) is 0 Å². The molecule has 0 aliphatic carbocycles. The quantitative estimate of drug-likeness (QED) is 0.380. The summed E-state index contributed by atoms with van der Waals surface area (Å²) in [6, 6.07) is 16.7. The number of carbonyl (C=O) groups excluding carboxylic acids is 3. The summed E-state index contributed by atoms with van der Waals surface area (Å²) in [5.41, 5.74) is 0.0627. The standard InChI is InChI=1S/C28H32N2O5S/c1-6-35-24(32)16-17-27(3,4)28(18-23(25(33)34-5)29-19(2)31)21-14-10-11-15-22(21)30-26(28)36-20-12-8-7-9-13-20/h7-17,23H,6,18H2,1-5H3,(H,29,31)/b17-16+. The molecule has 2 aromatic rings. The third kappa shape index (κ3) is 5.70. The van der Waals surface area contributed by atoms with Gasteiger partial charge in [-0.2, -0.15) is 0 Å². The first kappa shape index (κ1) is 27.2. The molecule has 0 spiro atoms. The lowest BCUT2D eigenvalue weighted by Gasteiger charge is -2.45. The Balaban J connectivity index is 2.23. The van der Waals surface area contributed by atoms with Gasteiger partial charge in [0.1, 0.15) is 6.04 Å². The topological polar surface area (TPSA) is 94.1 Å². The Morgan fingerprint density at radius 1 is 1.11 bits per heavy atom. The zero-order valence-corrected chi connectivity index (χ0v) is 22.1. The van der Waals surface area contributed by atoms with Crippen molar-refractivity contribution >= 4 is 40.3 Å². The van der Waals surface area contributed by atoms with Gasteiger partial charge in [-0.25, -0.2) is 14.6 Å². The third-order valence-electron chi connectivity index (χ3n) is 6.30. The molecule has 1 aliphatic heterocycles. The van der Waals surface area contributed by atoms with Crippen molar-refractivity contribution in [2.45, 2.75) is 50.5 Å². The van der Waals surface area contributed by atoms with E-state index in [2.05, 4.69) is 5.32 Å². The van der Waals surface area contributed by atoms with Gasteiger partial charge in [0, 0.05) is 17.9 Å². The van der Waals surface area contributed by atoms with Crippen LogP contribution in [-0.2, 0) is 29.3 Å². The molecule has 1 amide bonds. The van der Waals surface area contributed by atoms with Crippen LogP contribution in [0.3, 0.4) is 0 Å². The molecule has 1 heterocycles. The molecule has 0 bridgehead atoms. The van der Waals surface area contributed by atoms with Gasteiger partial charge in [0.15, 0.2) is 0 Å². The van der Waals surface area contributed by atoms with Crippen LogP contribution in [0.25, 0.3) is 0 Å². The Hall–Kier alpha value is -3.39. The number of aliphatic imine (C=N–C) groups is 1. The highest BCUT2D eigenvalue weighted by atomic mass is 32.2. The maximum Gasteiger partial charge on any atom is 0.330 e. The number of ether oxygens (including phenoxy) is 2. The summed E-state index contributed by atoms with van der Waals surface area (Å²) >= 11 is 1.50. The number of para-hydroxylation sites is 1. The van der Waals surface area contributed by atoms with Crippen LogP contribution >= 0.6 is 11.8 Å². The lowest BCUT2D eigenvalue weighted by molar-refractivity contribution is -0.145. The van der Waals surface area contributed by atoms with Gasteiger partial charge in [0.2, 0.25) is 5.91 Å². The van der Waals surface area contributed by atoms with E-state index in [1.807, 2.05) is 68.4 Å². The smallest absolute Gasteiger partial charge is 0.330 e. The number of amides is 1. The number of allylic oxidation sites excluding steroid dienone is 1. The van der Waals surface area contributed by atoms with E-state index in [4.69, 9.17) is 14.5 Å². The largest absolute Gasteiger partial charge is 0.467 e. The molecular weight excluding hydrogens is 476 g/mol. The van der Waals surface area contributed by atoms with Crippen LogP contribution in [0.1, 0.15) is 39.7 Å². The molecule has 2 aromatic carbocycles. The van der Waals surface area contributed by atoms with Crippen molar-refractivity contribution in [3.05, 3.63) is 72.3 Å². The normalized spacial score (nSPS) is 17.8. The molecule has 2 unspecified atom stereocenters. The summed E-state index contributed by atoms with van der Waals surface area (Å²) in [6.07, 6.45) is 3.40. The van der Waals surface area contributed by atoms with Crippen LogP contribution in [0.4, 0.5) is 5.69 Å². The van der Waals surface area contributed by atoms with Crippen molar-refractivity contribution < 1.29 is 23.9 Å².